The molecule has 474 valence electrons. The van der Waals surface area contributed by atoms with Crippen molar-refractivity contribution in [3.05, 3.63) is 97.1 Å². The summed E-state index contributed by atoms with van der Waals surface area (Å²) in [5.74, 6) is -3.78. The Labute approximate surface area is 524 Å². The van der Waals surface area contributed by atoms with Crippen molar-refractivity contribution >= 4 is 96.5 Å². The van der Waals surface area contributed by atoms with Gasteiger partial charge in [0.05, 0.1) is 53.1 Å². The molecular formula is C64H83ClF3N5O11P2S. The highest BCUT2D eigenvalue weighted by Gasteiger charge is 2.60. The molecule has 0 radical (unpaired) electrons. The van der Waals surface area contributed by atoms with Gasteiger partial charge in [-0.2, -0.15) is 13.2 Å². The van der Waals surface area contributed by atoms with E-state index in [1.54, 1.807) is 11.0 Å². The first kappa shape index (κ1) is 64.8. The molecule has 7 aliphatic rings. The number of rotatable bonds is 18. The number of carbonyl (C=O) groups is 5. The van der Waals surface area contributed by atoms with Crippen molar-refractivity contribution < 1.29 is 66.7 Å². The van der Waals surface area contributed by atoms with Gasteiger partial charge in [-0.05, 0) is 165 Å². The van der Waals surface area contributed by atoms with Crippen molar-refractivity contribution in [3.63, 3.8) is 0 Å². The van der Waals surface area contributed by atoms with Gasteiger partial charge in [0.25, 0.3) is 0 Å². The van der Waals surface area contributed by atoms with E-state index >= 15 is 9.36 Å². The summed E-state index contributed by atoms with van der Waals surface area (Å²) in [6.45, 7) is 19.0. The number of amides is 3. The molecule has 23 heteroatoms. The van der Waals surface area contributed by atoms with Gasteiger partial charge < -0.3 is 49.0 Å². The summed E-state index contributed by atoms with van der Waals surface area (Å²) >= 11 is 11.2. The normalized spacial score (nSPS) is 21.0. The molecule has 1 spiro atoms. The van der Waals surface area contributed by atoms with Crippen LogP contribution >= 0.6 is 27.2 Å². The van der Waals surface area contributed by atoms with Crippen molar-refractivity contribution in [3.8, 4) is 0 Å². The number of nitrogens with zero attached hydrogens (tertiary/aromatic N) is 3. The monoisotopic (exact) mass is 1290 g/mol. The zero-order chi connectivity index (χ0) is 65.3. The van der Waals surface area contributed by atoms with Crippen LogP contribution in [-0.4, -0.2) is 124 Å². The zero-order valence-electron chi connectivity index (χ0n) is 53.5. The van der Waals surface area contributed by atoms with Crippen LogP contribution in [0.2, 0.25) is 5.02 Å². The predicted molar refractivity (Wildman–Crippen MR) is 337 cm³/mol. The van der Waals surface area contributed by atoms with E-state index in [4.69, 9.17) is 32.9 Å². The number of nitrogens with one attached hydrogen (secondary N) is 2. The lowest BCUT2D eigenvalue weighted by Crippen LogP contribution is -2.51. The van der Waals surface area contributed by atoms with E-state index in [1.165, 1.54) is 42.7 Å². The molecule has 1 fully saturated rings. The molecule has 3 aromatic rings. The minimum absolute atomic E-state index is 0.0243. The third-order valence-corrected chi connectivity index (χ3v) is 20.3. The molecule has 3 aromatic carbocycles. The van der Waals surface area contributed by atoms with Crippen LogP contribution in [0, 0.1) is 0 Å². The molecule has 3 N–H and O–H groups in total. The number of fused-ring (bicyclic) bond motifs is 8. The summed E-state index contributed by atoms with van der Waals surface area (Å²) in [5, 5.41) is 7.85. The number of unbranched alkanes of at least 4 members (excludes halogenated alkanes) is 3. The number of carbonyl (C=O) groups excluding carboxylic acids is 5. The van der Waals surface area contributed by atoms with Gasteiger partial charge in [0.1, 0.15) is 6.10 Å². The van der Waals surface area contributed by atoms with Gasteiger partial charge in [0.2, 0.25) is 13.2 Å². The van der Waals surface area contributed by atoms with Gasteiger partial charge in [-0.15, -0.1) is 0 Å². The highest BCUT2D eigenvalue weighted by Crippen LogP contribution is 2.64. The predicted octanol–water partition coefficient (Wildman–Crippen LogP) is 11.5. The largest absolute Gasteiger partial charge is 0.471 e. The second-order valence-corrected chi connectivity index (χ2v) is 27.5. The van der Waals surface area contributed by atoms with Gasteiger partial charge in [0.15, 0.2) is 5.60 Å². The van der Waals surface area contributed by atoms with E-state index in [-0.39, 0.29) is 104 Å². The number of hydrogen-bond donors (Lipinski definition) is 3. The summed E-state index contributed by atoms with van der Waals surface area (Å²) < 4.78 is 94.1. The molecule has 6 aliphatic heterocycles. The fraction of sp³-hybridized carbons (Fsp3) is 0.578. The number of likely N-dealkylation sites (tertiary alicyclic amines) is 1. The number of aliphatic hydroxyl groups is 1. The summed E-state index contributed by atoms with van der Waals surface area (Å²) in [4.78, 5) is 71.0. The van der Waals surface area contributed by atoms with Gasteiger partial charge in [-0.25, -0.2) is 4.79 Å². The van der Waals surface area contributed by atoms with E-state index in [0.717, 1.165) is 83.3 Å². The molecule has 1 aliphatic carbocycles. The van der Waals surface area contributed by atoms with Gasteiger partial charge in [-0.3, -0.25) is 23.7 Å². The Balaban J connectivity index is 0.00000199. The van der Waals surface area contributed by atoms with Crippen LogP contribution in [0.25, 0.3) is 11.1 Å². The lowest BCUT2D eigenvalue weighted by atomic mass is 9.57. The molecule has 6 heterocycles. The van der Waals surface area contributed by atoms with Crippen LogP contribution in [0.1, 0.15) is 195 Å². The van der Waals surface area contributed by atoms with Gasteiger partial charge >= 0.3 is 31.6 Å². The average Bonchev–Trinajstić information content (AvgIpc) is 1.66. The molecule has 87 heavy (non-hydrogen) atoms. The zero-order valence-corrected chi connectivity index (χ0v) is 54.9. The van der Waals surface area contributed by atoms with Crippen LogP contribution in [0.5, 0.6) is 0 Å². The SMILES string of the molecule is P=S.[2H]C[C@@H]1C[C@@H](OC(=O)CCC(=O)NC)CN1C(=O)CCCCCOP(=O)(OCCCCNC(=O)C(F)(F)F)c1cc(Cl)c2c(c1)C1(OC2=O)c2cc3c4c(c2C(C)(C)c2c1cc1c5c2CCCN5C(C)(C)C=C1C)CCCN4C(C)(C)C=C3C.[3H]OC. The number of halogens is 4. The number of ether oxygens (including phenoxy) is 2. The number of esters is 2. The van der Waals surface area contributed by atoms with E-state index in [0.29, 0.717) is 31.2 Å². The second kappa shape index (κ2) is 26.3. The van der Waals surface area contributed by atoms with Crippen LogP contribution in [-0.2, 0) is 77.9 Å². The van der Waals surface area contributed by atoms with Crippen LogP contribution in [0.15, 0.2) is 36.4 Å². The van der Waals surface area contributed by atoms with E-state index in [2.05, 4.69) is 120 Å². The summed E-state index contributed by atoms with van der Waals surface area (Å²) in [5.41, 5.74) is 10.5. The Morgan fingerprint density at radius 2 is 1.41 bits per heavy atom. The summed E-state index contributed by atoms with van der Waals surface area (Å²) in [6.07, 6.45) is 3.94. The second-order valence-electron chi connectivity index (χ2n) is 25.0. The molecule has 1 saturated heterocycles. The maximum atomic E-state index is 15.8. The van der Waals surface area contributed by atoms with E-state index in [9.17, 15) is 32.3 Å². The number of alkyl halides is 3. The molecule has 0 bridgehead atoms. The fourth-order valence-corrected chi connectivity index (χ4v) is 16.6. The molecule has 1 unspecified atom stereocenters. The maximum Gasteiger partial charge on any atom is 0.471 e. The molecule has 3 amide bonds. The Hall–Kier alpha value is -5.20. The third kappa shape index (κ3) is 12.7. The number of anilines is 2. The van der Waals surface area contributed by atoms with Crippen LogP contribution in [0.4, 0.5) is 24.5 Å². The van der Waals surface area contributed by atoms with Crippen molar-refractivity contribution in [2.45, 2.75) is 186 Å². The highest BCUT2D eigenvalue weighted by molar-refractivity contribution is 7.88. The Kier molecular flexibility index (Phi) is 19.6. The average molecular weight is 1290 g/mol. The van der Waals surface area contributed by atoms with Crippen LogP contribution in [0.3, 0.4) is 0 Å². The molecule has 16 nitrogen and oxygen atoms in total. The minimum atomic E-state index is -5.06. The first-order chi connectivity index (χ1) is 42.0. The quantitative estimate of drug-likeness (QED) is 0.0619. The van der Waals surface area contributed by atoms with Crippen molar-refractivity contribution in [1.29, 1.82) is 1.43 Å². The lowest BCUT2D eigenvalue weighted by molar-refractivity contribution is -0.173. The molecular weight excluding hydrogens is 1200 g/mol. The fourth-order valence-electron chi connectivity index (χ4n) is 14.5. The summed E-state index contributed by atoms with van der Waals surface area (Å²) in [7, 11) is 0.864. The highest BCUT2D eigenvalue weighted by atomic mass is 35.5. The lowest BCUT2D eigenvalue weighted by Gasteiger charge is -2.54. The standard InChI is InChI=1S/C63H78ClF3N5O10P.CH4O.HPS/c1-36-33-59(4,5)71-24-16-18-41-53-46(31-43(36)55(41)71)62(47-32-44-37(2)34-60(6,7)72-25-17-19-42(56(44)72)54(47)61(53,8)9)45-29-40(30-48(64)52(45)57(76)82-62)83(78,80-27-15-13-23-69-58(77)63(65,66)67)79-26-14-11-12-20-50(74)70-35-39(28-38(70)3)81-51(75)22-21-49(73)68-10;2*1-2/h29-34,38-39H,11-28,35H2,1-10H3,(H,68,73)(H,69,77);2H,1H3;1H/t38-,39-,83?;;/m1../s1/i3D;2T;. The molecule has 3 atom stereocenters. The van der Waals surface area contributed by atoms with Crippen molar-refractivity contribution in [2.24, 2.45) is 0 Å². The number of allylic oxidation sites excluding steroid dienone is 2. The Bertz CT molecular complexity index is 3290. The molecule has 0 saturated carbocycles. The third-order valence-electron chi connectivity index (χ3n) is 18.1. The number of hydrogen-bond acceptors (Lipinski definition) is 14. The maximum absolute atomic E-state index is 15.8. The topological polar surface area (TPSA) is 193 Å². The Morgan fingerprint density at radius 1 is 0.862 bits per heavy atom. The van der Waals surface area contributed by atoms with Crippen molar-refractivity contribution in [1.82, 2.24) is 15.5 Å². The first-order valence-electron chi connectivity index (χ1n) is 31.0. The Morgan fingerprint density at radius 3 is 1.94 bits per heavy atom. The van der Waals surface area contributed by atoms with Crippen molar-refractivity contribution in [2.75, 3.05) is 63.4 Å². The smallest absolute Gasteiger partial charge is 0.460 e. The summed E-state index contributed by atoms with van der Waals surface area (Å²) in [6, 6.07) is 7.06. The van der Waals surface area contributed by atoms with E-state index in [1.807, 2.05) is 5.32 Å². The molecule has 10 rings (SSSR count). The van der Waals surface area contributed by atoms with Crippen LogP contribution < -0.4 is 25.7 Å². The minimum Gasteiger partial charge on any atom is -0.460 e. The molecule has 0 aromatic heterocycles. The first-order valence-corrected chi connectivity index (χ1v) is 33.4. The number of aliphatic hydroxyl groups excluding tert-OH is 1. The van der Waals surface area contributed by atoms with E-state index < -0.39 is 54.8 Å². The number of benzene rings is 3. The van der Waals surface area contributed by atoms with Gasteiger partial charge in [0, 0.05) is 105 Å². The van der Waals surface area contributed by atoms with Gasteiger partial charge in [-0.1, -0.05) is 55.8 Å².